The third-order valence-corrected chi connectivity index (χ3v) is 3.04. The Hall–Kier alpha value is -1.61. The minimum Gasteiger partial charge on any atom is -0.330 e. The van der Waals surface area contributed by atoms with Gasteiger partial charge in [0.25, 0.3) is 0 Å². The number of nitrogens with zero attached hydrogens (tertiary/aromatic N) is 2. The predicted molar refractivity (Wildman–Crippen MR) is 70.0 cm³/mol. The molecule has 2 N–H and O–H groups in total. The van der Waals surface area contributed by atoms with Crippen LogP contribution in [-0.4, -0.2) is 16.1 Å². The van der Waals surface area contributed by atoms with Crippen LogP contribution in [0.5, 0.6) is 0 Å². The van der Waals surface area contributed by atoms with Crippen molar-refractivity contribution in [2.75, 3.05) is 6.54 Å². The molecule has 3 heteroatoms. The Kier molecular flexibility index (Phi) is 3.59. The average Bonchev–Trinajstić information content (AvgIpc) is 2.71. The summed E-state index contributed by atoms with van der Waals surface area (Å²) in [7, 11) is 0. The molecule has 0 unspecified atom stereocenters. The lowest BCUT2D eigenvalue weighted by Crippen LogP contribution is -2.09. The Bertz CT molecular complexity index is 500. The largest absolute Gasteiger partial charge is 0.330 e. The van der Waals surface area contributed by atoms with Crippen LogP contribution >= 0.6 is 0 Å². The standard InChI is InChI=1S/C14H19N3/c1-11-3-4-13(12(2)7-11)9-17-10-16-8-14(17)5-6-15/h3-4,7-8,10H,5-6,9,15H2,1-2H3. The first-order valence-electron chi connectivity index (χ1n) is 5.96. The van der Waals surface area contributed by atoms with E-state index in [1.54, 1.807) is 0 Å². The SMILES string of the molecule is Cc1ccc(Cn2cncc2CCN)c(C)c1. The maximum Gasteiger partial charge on any atom is 0.0951 e. The molecule has 2 aromatic rings. The van der Waals surface area contributed by atoms with Gasteiger partial charge in [-0.2, -0.15) is 0 Å². The molecule has 0 atom stereocenters. The number of rotatable bonds is 4. The zero-order chi connectivity index (χ0) is 12.3. The van der Waals surface area contributed by atoms with Crippen molar-refractivity contribution in [3.05, 3.63) is 53.1 Å². The van der Waals surface area contributed by atoms with Crippen LogP contribution in [-0.2, 0) is 13.0 Å². The van der Waals surface area contributed by atoms with Crippen LogP contribution in [0.2, 0.25) is 0 Å². The highest BCUT2D eigenvalue weighted by molar-refractivity contribution is 5.30. The second-order valence-electron chi connectivity index (χ2n) is 4.48. The van der Waals surface area contributed by atoms with Gasteiger partial charge in [-0.3, -0.25) is 0 Å². The Morgan fingerprint density at radius 3 is 2.82 bits per heavy atom. The summed E-state index contributed by atoms with van der Waals surface area (Å²) in [5.41, 5.74) is 10.8. The molecule has 1 aromatic heterocycles. The average molecular weight is 229 g/mol. The van der Waals surface area contributed by atoms with E-state index in [-0.39, 0.29) is 0 Å². The molecule has 3 nitrogen and oxygen atoms in total. The van der Waals surface area contributed by atoms with Crippen LogP contribution in [0.25, 0.3) is 0 Å². The van der Waals surface area contributed by atoms with Crippen molar-refractivity contribution >= 4 is 0 Å². The smallest absolute Gasteiger partial charge is 0.0951 e. The molecule has 17 heavy (non-hydrogen) atoms. The minimum absolute atomic E-state index is 0.665. The van der Waals surface area contributed by atoms with Crippen molar-refractivity contribution in [1.82, 2.24) is 9.55 Å². The molecule has 0 radical (unpaired) electrons. The number of aromatic nitrogens is 2. The summed E-state index contributed by atoms with van der Waals surface area (Å²) in [6.07, 6.45) is 4.66. The first-order chi connectivity index (χ1) is 8.20. The highest BCUT2D eigenvalue weighted by atomic mass is 15.0. The van der Waals surface area contributed by atoms with Gasteiger partial charge in [0, 0.05) is 24.9 Å². The van der Waals surface area contributed by atoms with E-state index in [9.17, 15) is 0 Å². The summed E-state index contributed by atoms with van der Waals surface area (Å²) in [5.74, 6) is 0. The van der Waals surface area contributed by atoms with Crippen LogP contribution in [0.1, 0.15) is 22.4 Å². The quantitative estimate of drug-likeness (QED) is 0.872. The zero-order valence-corrected chi connectivity index (χ0v) is 10.5. The molecular weight excluding hydrogens is 210 g/mol. The normalized spacial score (nSPS) is 10.8. The number of imidazole rings is 1. The Morgan fingerprint density at radius 2 is 2.12 bits per heavy atom. The van der Waals surface area contributed by atoms with Crippen molar-refractivity contribution < 1.29 is 0 Å². The first kappa shape index (κ1) is 11.9. The highest BCUT2D eigenvalue weighted by Gasteiger charge is 2.04. The fourth-order valence-corrected chi connectivity index (χ4v) is 2.05. The lowest BCUT2D eigenvalue weighted by atomic mass is 10.1. The lowest BCUT2D eigenvalue weighted by Gasteiger charge is -2.10. The van der Waals surface area contributed by atoms with Crippen LogP contribution in [0.4, 0.5) is 0 Å². The van der Waals surface area contributed by atoms with Gasteiger partial charge in [-0.05, 0) is 31.5 Å². The van der Waals surface area contributed by atoms with E-state index in [1.807, 2.05) is 12.5 Å². The van der Waals surface area contributed by atoms with Crippen molar-refractivity contribution in [1.29, 1.82) is 0 Å². The maximum absolute atomic E-state index is 5.59. The topological polar surface area (TPSA) is 43.8 Å². The predicted octanol–water partition coefficient (Wildman–Crippen LogP) is 2.05. The summed E-state index contributed by atoms with van der Waals surface area (Å²) in [6.45, 7) is 5.82. The van der Waals surface area contributed by atoms with Crippen molar-refractivity contribution in [3.8, 4) is 0 Å². The fourth-order valence-electron chi connectivity index (χ4n) is 2.05. The van der Waals surface area contributed by atoms with Gasteiger partial charge in [0.15, 0.2) is 0 Å². The van der Waals surface area contributed by atoms with Gasteiger partial charge in [0.1, 0.15) is 0 Å². The molecule has 0 aliphatic carbocycles. The molecule has 1 heterocycles. The Morgan fingerprint density at radius 1 is 1.29 bits per heavy atom. The summed E-state index contributed by atoms with van der Waals surface area (Å²) >= 11 is 0. The molecule has 0 bridgehead atoms. The van der Waals surface area contributed by atoms with E-state index >= 15 is 0 Å². The molecule has 1 aromatic carbocycles. The van der Waals surface area contributed by atoms with E-state index in [0.29, 0.717) is 6.54 Å². The van der Waals surface area contributed by atoms with Gasteiger partial charge in [0.2, 0.25) is 0 Å². The van der Waals surface area contributed by atoms with Gasteiger partial charge in [-0.25, -0.2) is 4.98 Å². The molecule has 90 valence electrons. The first-order valence-corrected chi connectivity index (χ1v) is 5.96. The van der Waals surface area contributed by atoms with E-state index in [1.165, 1.54) is 22.4 Å². The molecule has 0 aliphatic rings. The van der Waals surface area contributed by atoms with Gasteiger partial charge in [-0.15, -0.1) is 0 Å². The maximum atomic E-state index is 5.59. The number of benzene rings is 1. The van der Waals surface area contributed by atoms with E-state index < -0.39 is 0 Å². The van der Waals surface area contributed by atoms with Crippen molar-refractivity contribution in [3.63, 3.8) is 0 Å². The summed E-state index contributed by atoms with van der Waals surface area (Å²) in [4.78, 5) is 4.19. The number of hydrogen-bond donors (Lipinski definition) is 1. The van der Waals surface area contributed by atoms with Crippen molar-refractivity contribution in [2.45, 2.75) is 26.8 Å². The third kappa shape index (κ3) is 2.74. The van der Waals surface area contributed by atoms with E-state index in [4.69, 9.17) is 5.73 Å². The van der Waals surface area contributed by atoms with E-state index in [0.717, 1.165) is 13.0 Å². The highest BCUT2D eigenvalue weighted by Crippen LogP contribution is 2.13. The molecule has 0 saturated heterocycles. The summed E-state index contributed by atoms with van der Waals surface area (Å²) < 4.78 is 2.17. The van der Waals surface area contributed by atoms with Gasteiger partial charge in [-0.1, -0.05) is 23.8 Å². The Balaban J connectivity index is 2.22. The summed E-state index contributed by atoms with van der Waals surface area (Å²) in [6, 6.07) is 6.56. The number of nitrogens with two attached hydrogens (primary N) is 1. The molecule has 2 rings (SSSR count). The fraction of sp³-hybridized carbons (Fsp3) is 0.357. The molecule has 0 spiro atoms. The third-order valence-electron chi connectivity index (χ3n) is 3.04. The summed E-state index contributed by atoms with van der Waals surface area (Å²) in [5, 5.41) is 0. The minimum atomic E-state index is 0.665. The lowest BCUT2D eigenvalue weighted by molar-refractivity contribution is 0.730. The number of hydrogen-bond acceptors (Lipinski definition) is 2. The van der Waals surface area contributed by atoms with Gasteiger partial charge in [0.05, 0.1) is 6.33 Å². The van der Waals surface area contributed by atoms with Gasteiger partial charge >= 0.3 is 0 Å². The Labute approximate surface area is 102 Å². The molecular formula is C14H19N3. The molecule has 0 aliphatic heterocycles. The van der Waals surface area contributed by atoms with Crippen LogP contribution in [0, 0.1) is 13.8 Å². The van der Waals surface area contributed by atoms with Crippen molar-refractivity contribution in [2.24, 2.45) is 5.73 Å². The zero-order valence-electron chi connectivity index (χ0n) is 10.5. The second-order valence-corrected chi connectivity index (χ2v) is 4.48. The molecule has 0 fully saturated rings. The number of aryl methyl sites for hydroxylation is 2. The molecule has 0 saturated carbocycles. The van der Waals surface area contributed by atoms with Crippen LogP contribution in [0.15, 0.2) is 30.7 Å². The van der Waals surface area contributed by atoms with Crippen LogP contribution in [0.3, 0.4) is 0 Å². The second kappa shape index (κ2) is 5.15. The van der Waals surface area contributed by atoms with Gasteiger partial charge < -0.3 is 10.3 Å². The van der Waals surface area contributed by atoms with Crippen LogP contribution < -0.4 is 5.73 Å². The van der Waals surface area contributed by atoms with E-state index in [2.05, 4.69) is 41.6 Å². The monoisotopic (exact) mass is 229 g/mol. The molecule has 0 amide bonds.